The smallest absolute Gasteiger partial charge is 0.241 e. The summed E-state index contributed by atoms with van der Waals surface area (Å²) < 4.78 is 0. The minimum atomic E-state index is 0.139. The van der Waals surface area contributed by atoms with Gasteiger partial charge in [0.15, 0.2) is 0 Å². The molecule has 1 atom stereocenters. The van der Waals surface area contributed by atoms with Crippen LogP contribution in [0.25, 0.3) is 0 Å². The van der Waals surface area contributed by atoms with Crippen molar-refractivity contribution in [2.24, 2.45) is 0 Å². The van der Waals surface area contributed by atoms with Gasteiger partial charge in [0.2, 0.25) is 5.91 Å². The molecule has 1 unspecified atom stereocenters. The molecule has 0 aliphatic carbocycles. The van der Waals surface area contributed by atoms with Crippen molar-refractivity contribution in [3.05, 3.63) is 30.3 Å². The van der Waals surface area contributed by atoms with Crippen LogP contribution in [0.3, 0.4) is 0 Å². The maximum atomic E-state index is 12.0. The lowest BCUT2D eigenvalue weighted by Gasteiger charge is -2.27. The van der Waals surface area contributed by atoms with Crippen molar-refractivity contribution in [3.8, 4) is 0 Å². The minimum Gasteiger partial charge on any atom is -0.376 e. The van der Waals surface area contributed by atoms with Gasteiger partial charge in [-0.15, -0.1) is 0 Å². The van der Waals surface area contributed by atoms with Gasteiger partial charge in [-0.2, -0.15) is 11.8 Å². The van der Waals surface area contributed by atoms with E-state index in [-0.39, 0.29) is 5.91 Å². The molecule has 1 aromatic carbocycles. The Morgan fingerprint density at radius 2 is 2.06 bits per heavy atom. The van der Waals surface area contributed by atoms with Crippen LogP contribution >= 0.6 is 11.8 Å². The molecule has 0 aliphatic rings. The number of para-hydroxylation sites is 1. The molecule has 0 fully saturated rings. The quantitative estimate of drug-likeness (QED) is 0.823. The van der Waals surface area contributed by atoms with Crippen LogP contribution in [0.4, 0.5) is 5.69 Å². The second-order valence-electron chi connectivity index (χ2n) is 4.24. The first kappa shape index (κ1) is 14.9. The number of amides is 1. The zero-order valence-electron chi connectivity index (χ0n) is 11.3. The standard InChI is InChI=1S/C14H22N2OS/c1-4-13(11-18-3)16(2)14(17)10-15-12-8-6-5-7-9-12/h5-9,13,15H,4,10-11H2,1-3H3. The normalized spacial score (nSPS) is 11.9. The lowest BCUT2D eigenvalue weighted by molar-refractivity contribution is -0.129. The van der Waals surface area contributed by atoms with Gasteiger partial charge in [0.05, 0.1) is 6.54 Å². The zero-order chi connectivity index (χ0) is 13.4. The zero-order valence-corrected chi connectivity index (χ0v) is 12.2. The van der Waals surface area contributed by atoms with Crippen LogP contribution in [-0.2, 0) is 4.79 Å². The van der Waals surface area contributed by atoms with E-state index in [1.54, 1.807) is 11.8 Å². The molecule has 0 saturated heterocycles. The number of nitrogens with one attached hydrogen (secondary N) is 1. The first-order valence-electron chi connectivity index (χ1n) is 6.22. The van der Waals surface area contributed by atoms with Crippen molar-refractivity contribution < 1.29 is 4.79 Å². The molecule has 1 aromatic rings. The van der Waals surface area contributed by atoms with Gasteiger partial charge < -0.3 is 10.2 Å². The molecule has 3 nitrogen and oxygen atoms in total. The van der Waals surface area contributed by atoms with E-state index in [0.717, 1.165) is 17.9 Å². The number of hydrogen-bond acceptors (Lipinski definition) is 3. The Balaban J connectivity index is 2.44. The number of likely N-dealkylation sites (N-methyl/N-ethyl adjacent to an activating group) is 1. The summed E-state index contributed by atoms with van der Waals surface area (Å²) in [4.78, 5) is 13.9. The molecule has 0 aromatic heterocycles. The Morgan fingerprint density at radius 1 is 1.39 bits per heavy atom. The predicted molar refractivity (Wildman–Crippen MR) is 80.2 cm³/mol. The van der Waals surface area contributed by atoms with Crippen molar-refractivity contribution in [2.45, 2.75) is 19.4 Å². The monoisotopic (exact) mass is 266 g/mol. The van der Waals surface area contributed by atoms with E-state index in [9.17, 15) is 4.79 Å². The molecule has 0 saturated carbocycles. The summed E-state index contributed by atoms with van der Waals surface area (Å²) in [5, 5.41) is 3.15. The van der Waals surface area contributed by atoms with Crippen molar-refractivity contribution in [3.63, 3.8) is 0 Å². The van der Waals surface area contributed by atoms with Gasteiger partial charge in [0.25, 0.3) is 0 Å². The van der Waals surface area contributed by atoms with Gasteiger partial charge in [0, 0.05) is 24.5 Å². The van der Waals surface area contributed by atoms with Crippen molar-refractivity contribution in [2.75, 3.05) is 30.9 Å². The first-order chi connectivity index (χ1) is 8.69. The number of carbonyl (C=O) groups excluding carboxylic acids is 1. The Bertz CT molecular complexity index is 356. The van der Waals surface area contributed by atoms with Crippen LogP contribution in [0.5, 0.6) is 0 Å². The lowest BCUT2D eigenvalue weighted by Crippen LogP contribution is -2.41. The van der Waals surface area contributed by atoms with Gasteiger partial charge in [-0.25, -0.2) is 0 Å². The number of anilines is 1. The van der Waals surface area contributed by atoms with E-state index in [4.69, 9.17) is 0 Å². The maximum Gasteiger partial charge on any atom is 0.241 e. The number of hydrogen-bond donors (Lipinski definition) is 1. The molecule has 0 spiro atoms. The van der Waals surface area contributed by atoms with Crippen molar-refractivity contribution in [1.82, 2.24) is 4.90 Å². The van der Waals surface area contributed by atoms with E-state index in [1.807, 2.05) is 42.3 Å². The molecule has 0 bridgehead atoms. The number of nitrogens with zero attached hydrogens (tertiary/aromatic N) is 1. The average molecular weight is 266 g/mol. The van der Waals surface area contributed by atoms with E-state index in [2.05, 4.69) is 18.5 Å². The van der Waals surface area contributed by atoms with E-state index < -0.39 is 0 Å². The van der Waals surface area contributed by atoms with Crippen LogP contribution in [0, 0.1) is 0 Å². The fourth-order valence-electron chi connectivity index (χ4n) is 1.76. The minimum absolute atomic E-state index is 0.139. The Labute approximate surface area is 114 Å². The highest BCUT2D eigenvalue weighted by Crippen LogP contribution is 2.09. The van der Waals surface area contributed by atoms with Gasteiger partial charge in [-0.1, -0.05) is 25.1 Å². The summed E-state index contributed by atoms with van der Waals surface area (Å²) in [6.07, 6.45) is 3.07. The van der Waals surface area contributed by atoms with Crippen molar-refractivity contribution in [1.29, 1.82) is 0 Å². The van der Waals surface area contributed by atoms with Gasteiger partial charge in [0.1, 0.15) is 0 Å². The molecular formula is C14H22N2OS. The third-order valence-electron chi connectivity index (χ3n) is 2.99. The fourth-order valence-corrected chi connectivity index (χ4v) is 2.60. The SMILES string of the molecule is CCC(CSC)N(C)C(=O)CNc1ccccc1. The summed E-state index contributed by atoms with van der Waals surface area (Å²) in [6.45, 7) is 2.47. The summed E-state index contributed by atoms with van der Waals surface area (Å²) in [6, 6.07) is 10.1. The van der Waals surface area contributed by atoms with Gasteiger partial charge in [-0.3, -0.25) is 4.79 Å². The maximum absolute atomic E-state index is 12.0. The number of rotatable bonds is 7. The molecule has 0 heterocycles. The second kappa shape index (κ2) is 8.03. The topological polar surface area (TPSA) is 32.3 Å². The Kier molecular flexibility index (Phi) is 6.65. The largest absolute Gasteiger partial charge is 0.376 e. The van der Waals surface area contributed by atoms with E-state index >= 15 is 0 Å². The van der Waals surface area contributed by atoms with Crippen LogP contribution in [0.2, 0.25) is 0 Å². The van der Waals surface area contributed by atoms with Crippen LogP contribution in [-0.4, -0.2) is 42.4 Å². The number of benzene rings is 1. The molecule has 1 amide bonds. The predicted octanol–water partition coefficient (Wildman–Crippen LogP) is 2.70. The van der Waals surface area contributed by atoms with Crippen LogP contribution in [0.15, 0.2) is 30.3 Å². The fraction of sp³-hybridized carbons (Fsp3) is 0.500. The first-order valence-corrected chi connectivity index (χ1v) is 7.62. The third kappa shape index (κ3) is 4.61. The molecule has 0 radical (unpaired) electrons. The van der Waals surface area contributed by atoms with Gasteiger partial charge >= 0.3 is 0 Å². The molecule has 1 N–H and O–H groups in total. The molecule has 4 heteroatoms. The molecule has 0 aliphatic heterocycles. The van der Waals surface area contributed by atoms with Crippen molar-refractivity contribution >= 4 is 23.4 Å². The summed E-state index contributed by atoms with van der Waals surface area (Å²) in [5.41, 5.74) is 0.983. The molecule has 1 rings (SSSR count). The van der Waals surface area contributed by atoms with E-state index in [1.165, 1.54) is 0 Å². The number of thioether (sulfide) groups is 1. The average Bonchev–Trinajstić information content (AvgIpc) is 2.42. The lowest BCUT2D eigenvalue weighted by atomic mass is 10.2. The van der Waals surface area contributed by atoms with Crippen LogP contribution < -0.4 is 5.32 Å². The van der Waals surface area contributed by atoms with Gasteiger partial charge in [-0.05, 0) is 24.8 Å². The molecule has 100 valence electrons. The summed E-state index contributed by atoms with van der Waals surface area (Å²) >= 11 is 1.78. The Hall–Kier alpha value is -1.16. The summed E-state index contributed by atoms with van der Waals surface area (Å²) in [5.74, 6) is 1.13. The highest BCUT2D eigenvalue weighted by molar-refractivity contribution is 7.98. The number of carbonyl (C=O) groups is 1. The molecule has 18 heavy (non-hydrogen) atoms. The molecular weight excluding hydrogens is 244 g/mol. The van der Waals surface area contributed by atoms with Crippen LogP contribution in [0.1, 0.15) is 13.3 Å². The highest BCUT2D eigenvalue weighted by Gasteiger charge is 2.17. The Morgan fingerprint density at radius 3 is 2.61 bits per heavy atom. The third-order valence-corrected chi connectivity index (χ3v) is 3.71. The second-order valence-corrected chi connectivity index (χ2v) is 5.15. The highest BCUT2D eigenvalue weighted by atomic mass is 32.2. The van der Waals surface area contributed by atoms with E-state index in [0.29, 0.717) is 12.6 Å². The summed E-state index contributed by atoms with van der Waals surface area (Å²) in [7, 11) is 1.89.